The van der Waals surface area contributed by atoms with Crippen LogP contribution in [0.2, 0.25) is 0 Å². The summed E-state index contributed by atoms with van der Waals surface area (Å²) >= 11 is 0. The Morgan fingerprint density at radius 3 is 2.50 bits per heavy atom. The second-order valence-electron chi connectivity index (χ2n) is 12.2. The van der Waals surface area contributed by atoms with Gasteiger partial charge in [0, 0.05) is 38.6 Å². The van der Waals surface area contributed by atoms with E-state index in [0.29, 0.717) is 6.54 Å². The van der Waals surface area contributed by atoms with Crippen LogP contribution < -0.4 is 4.74 Å². The van der Waals surface area contributed by atoms with Crippen LogP contribution in [0.1, 0.15) is 59.1 Å². The number of phenols is 1. The minimum Gasteiger partial charge on any atom is -0.508 e. The van der Waals surface area contributed by atoms with Gasteiger partial charge < -0.3 is 29.1 Å². The predicted molar refractivity (Wildman–Crippen MR) is 155 cm³/mol. The van der Waals surface area contributed by atoms with Crippen molar-refractivity contribution in [2.24, 2.45) is 0 Å². The first kappa shape index (κ1) is 28.2. The number of hydrogen-bond acceptors (Lipinski definition) is 7. The third-order valence-corrected chi connectivity index (χ3v) is 7.53. The number of ether oxygens (including phenoxy) is 3. The normalized spacial score (nSPS) is 21.3. The van der Waals surface area contributed by atoms with E-state index in [2.05, 4.69) is 11.0 Å². The zero-order chi connectivity index (χ0) is 28.4. The van der Waals surface area contributed by atoms with Crippen molar-refractivity contribution in [3.05, 3.63) is 42.6 Å². The summed E-state index contributed by atoms with van der Waals surface area (Å²) in [6.45, 7) is 7.79. The molecule has 9 heteroatoms. The molecule has 1 saturated carbocycles. The first-order valence-electron chi connectivity index (χ1n) is 14.3. The van der Waals surface area contributed by atoms with Gasteiger partial charge in [-0.3, -0.25) is 0 Å². The van der Waals surface area contributed by atoms with Gasteiger partial charge in [0.05, 0.1) is 17.1 Å². The Balaban J connectivity index is 1.38. The Morgan fingerprint density at radius 1 is 1.10 bits per heavy atom. The molecule has 3 aromatic rings. The van der Waals surface area contributed by atoms with E-state index in [1.54, 1.807) is 12.1 Å². The monoisotopic (exact) mass is 550 g/mol. The van der Waals surface area contributed by atoms with Crippen LogP contribution in [0, 0.1) is 0 Å². The highest BCUT2D eigenvalue weighted by Crippen LogP contribution is 2.39. The number of nitrogens with zero attached hydrogens (tertiary/aromatic N) is 4. The average Bonchev–Trinajstić information content (AvgIpc) is 3.31. The van der Waals surface area contributed by atoms with E-state index in [9.17, 15) is 9.90 Å². The van der Waals surface area contributed by atoms with Crippen LogP contribution in [-0.4, -0.2) is 82.3 Å². The molecule has 2 heterocycles. The molecule has 1 aliphatic carbocycles. The molecule has 1 aliphatic heterocycles. The number of phenolic OH excluding ortho intramolecular Hbond substituents is 1. The van der Waals surface area contributed by atoms with E-state index in [1.165, 1.54) is 0 Å². The van der Waals surface area contributed by atoms with Gasteiger partial charge in [0.25, 0.3) is 0 Å². The SMILES string of the molecule is CN(C)CCN(C(=O)OC(C)(C)C)[C@H]1C[C@H](Oc2cc(-c3ccc(O)cc3)cc3c2cnn3C2CCCCO2)C1. The van der Waals surface area contributed by atoms with Crippen molar-refractivity contribution in [1.29, 1.82) is 0 Å². The highest BCUT2D eigenvalue weighted by Gasteiger charge is 2.39. The van der Waals surface area contributed by atoms with Crippen molar-refractivity contribution in [2.75, 3.05) is 33.8 Å². The van der Waals surface area contributed by atoms with E-state index >= 15 is 0 Å². The van der Waals surface area contributed by atoms with Crippen molar-refractivity contribution >= 4 is 17.0 Å². The minimum absolute atomic E-state index is 0.0261. The maximum Gasteiger partial charge on any atom is 0.410 e. The van der Waals surface area contributed by atoms with Gasteiger partial charge in [0.15, 0.2) is 6.23 Å². The quantitative estimate of drug-likeness (QED) is 0.378. The van der Waals surface area contributed by atoms with Crippen LogP contribution in [0.5, 0.6) is 11.5 Å². The molecule has 1 unspecified atom stereocenters. The number of fused-ring (bicyclic) bond motifs is 1. The predicted octanol–water partition coefficient (Wildman–Crippen LogP) is 5.82. The number of carbonyl (C=O) groups excluding carboxylic acids is 1. The number of hydrogen-bond donors (Lipinski definition) is 1. The van der Waals surface area contributed by atoms with E-state index in [4.69, 9.17) is 19.3 Å². The Morgan fingerprint density at radius 2 is 1.85 bits per heavy atom. The molecular formula is C31H42N4O5. The molecule has 2 aliphatic rings. The van der Waals surface area contributed by atoms with E-state index < -0.39 is 5.60 Å². The Bertz CT molecular complexity index is 1300. The van der Waals surface area contributed by atoms with Gasteiger partial charge in [-0.2, -0.15) is 5.10 Å². The molecule has 1 N–H and O–H groups in total. The lowest BCUT2D eigenvalue weighted by Crippen LogP contribution is -2.54. The van der Waals surface area contributed by atoms with Crippen LogP contribution in [0.15, 0.2) is 42.6 Å². The Hall–Kier alpha value is -3.30. The van der Waals surface area contributed by atoms with Crippen LogP contribution in [0.3, 0.4) is 0 Å². The summed E-state index contributed by atoms with van der Waals surface area (Å²) < 4.78 is 20.4. The van der Waals surface area contributed by atoms with Crippen LogP contribution in [0.4, 0.5) is 4.79 Å². The van der Waals surface area contributed by atoms with Crippen molar-refractivity contribution in [1.82, 2.24) is 19.6 Å². The maximum absolute atomic E-state index is 13.0. The second kappa shape index (κ2) is 11.7. The summed E-state index contributed by atoms with van der Waals surface area (Å²) in [6, 6.07) is 11.4. The molecule has 1 atom stereocenters. The fourth-order valence-electron chi connectivity index (χ4n) is 5.30. The van der Waals surface area contributed by atoms with Crippen LogP contribution in [0.25, 0.3) is 22.0 Å². The highest BCUT2D eigenvalue weighted by atomic mass is 16.6. The van der Waals surface area contributed by atoms with E-state index in [0.717, 1.165) is 73.0 Å². The lowest BCUT2D eigenvalue weighted by atomic mass is 9.87. The lowest BCUT2D eigenvalue weighted by Gasteiger charge is -2.43. The molecule has 9 nitrogen and oxygen atoms in total. The number of benzene rings is 2. The van der Waals surface area contributed by atoms with Gasteiger partial charge >= 0.3 is 6.09 Å². The van der Waals surface area contributed by atoms with Crippen molar-refractivity contribution in [2.45, 2.75) is 76.9 Å². The average molecular weight is 551 g/mol. The molecule has 0 spiro atoms. The topological polar surface area (TPSA) is 89.3 Å². The van der Waals surface area contributed by atoms with Crippen molar-refractivity contribution in [3.63, 3.8) is 0 Å². The zero-order valence-corrected chi connectivity index (χ0v) is 24.3. The zero-order valence-electron chi connectivity index (χ0n) is 24.3. The smallest absolute Gasteiger partial charge is 0.410 e. The fourth-order valence-corrected chi connectivity index (χ4v) is 5.30. The number of likely N-dealkylation sites (N-methyl/N-ethyl adjacent to an activating group) is 1. The van der Waals surface area contributed by atoms with Gasteiger partial charge in [0.2, 0.25) is 0 Å². The summed E-state index contributed by atoms with van der Waals surface area (Å²) in [5, 5.41) is 15.5. The van der Waals surface area contributed by atoms with Crippen molar-refractivity contribution in [3.8, 4) is 22.6 Å². The summed E-state index contributed by atoms with van der Waals surface area (Å²) in [7, 11) is 4.01. The lowest BCUT2D eigenvalue weighted by molar-refractivity contribution is -0.0366. The molecule has 216 valence electrons. The largest absolute Gasteiger partial charge is 0.508 e. The fraction of sp³-hybridized carbons (Fsp3) is 0.548. The first-order chi connectivity index (χ1) is 19.1. The maximum atomic E-state index is 13.0. The minimum atomic E-state index is -0.546. The molecule has 1 aromatic heterocycles. The van der Waals surface area contributed by atoms with E-state index in [-0.39, 0.29) is 30.2 Å². The number of aromatic nitrogens is 2. The molecule has 2 fully saturated rings. The number of amides is 1. The summed E-state index contributed by atoms with van der Waals surface area (Å²) in [6.07, 6.45) is 6.04. The molecule has 2 aromatic carbocycles. The Labute approximate surface area is 236 Å². The standard InChI is InChI=1S/C31H42N4O5/c1-31(2,3)40-30(37)34(14-13-33(4)5)23-18-25(19-23)39-28-17-22(21-9-11-24(36)12-10-21)16-27-26(28)20-32-35(27)29-8-6-7-15-38-29/h9-12,16-17,20,23,25,29,36H,6-8,13-15,18-19H2,1-5H3/t23-,25-,29?. The number of carbonyl (C=O) groups is 1. The van der Waals surface area contributed by atoms with Gasteiger partial charge in [-0.05, 0) is 89.5 Å². The first-order valence-corrected chi connectivity index (χ1v) is 14.3. The van der Waals surface area contributed by atoms with Gasteiger partial charge in [-0.25, -0.2) is 9.48 Å². The molecule has 40 heavy (non-hydrogen) atoms. The molecule has 0 bridgehead atoms. The number of aromatic hydroxyl groups is 1. The van der Waals surface area contributed by atoms with Gasteiger partial charge in [-0.1, -0.05) is 12.1 Å². The molecule has 0 radical (unpaired) electrons. The van der Waals surface area contributed by atoms with Gasteiger partial charge in [-0.15, -0.1) is 0 Å². The molecule has 1 saturated heterocycles. The molecule has 5 rings (SSSR count). The second-order valence-corrected chi connectivity index (χ2v) is 12.2. The summed E-state index contributed by atoms with van der Waals surface area (Å²) in [4.78, 5) is 17.0. The molecule has 1 amide bonds. The molecular weight excluding hydrogens is 508 g/mol. The van der Waals surface area contributed by atoms with Crippen LogP contribution >= 0.6 is 0 Å². The van der Waals surface area contributed by atoms with Gasteiger partial charge in [0.1, 0.15) is 23.2 Å². The highest BCUT2D eigenvalue weighted by molar-refractivity contribution is 5.90. The van der Waals surface area contributed by atoms with Crippen LogP contribution in [-0.2, 0) is 9.47 Å². The number of rotatable bonds is 8. The third kappa shape index (κ3) is 6.53. The van der Waals surface area contributed by atoms with E-state index in [1.807, 2.05) is 68.8 Å². The Kier molecular flexibility index (Phi) is 8.24. The van der Waals surface area contributed by atoms with Crippen molar-refractivity contribution < 1.29 is 24.1 Å². The summed E-state index contributed by atoms with van der Waals surface area (Å²) in [5.74, 6) is 0.995. The summed E-state index contributed by atoms with van der Waals surface area (Å²) in [5.41, 5.74) is 2.38. The third-order valence-electron chi connectivity index (χ3n) is 7.53.